The van der Waals surface area contributed by atoms with Crippen LogP contribution in [0.5, 0.6) is 0 Å². The molecular weight excluding hydrogens is 647 g/mol. The Balaban J connectivity index is 4.38. The van der Waals surface area contributed by atoms with Crippen molar-refractivity contribution < 1.29 is 47.8 Å². The second-order valence-electron chi connectivity index (χ2n) is 12.9. The maximum Gasteiger partial charge on any atom is 0.472 e. The summed E-state index contributed by atoms with van der Waals surface area (Å²) >= 11 is 0. The Labute approximate surface area is 298 Å². The van der Waals surface area contributed by atoms with Gasteiger partial charge in [0.15, 0.2) is 6.10 Å². The Morgan fingerprint density at radius 1 is 0.592 bits per heavy atom. The van der Waals surface area contributed by atoms with E-state index >= 15 is 0 Å². The van der Waals surface area contributed by atoms with E-state index in [0.717, 1.165) is 57.8 Å². The summed E-state index contributed by atoms with van der Waals surface area (Å²) < 4.78 is 32.5. The van der Waals surface area contributed by atoms with E-state index in [-0.39, 0.29) is 19.4 Å². The van der Waals surface area contributed by atoms with Gasteiger partial charge in [-0.2, -0.15) is 0 Å². The van der Waals surface area contributed by atoms with Gasteiger partial charge in [0.05, 0.1) is 19.8 Å². The first kappa shape index (κ1) is 47.4. The van der Waals surface area contributed by atoms with Crippen LogP contribution >= 0.6 is 7.82 Å². The normalized spacial score (nSPS) is 14.3. The second-order valence-corrected chi connectivity index (χ2v) is 14.4. The predicted molar refractivity (Wildman–Crippen MR) is 196 cm³/mol. The molecule has 288 valence electrons. The van der Waals surface area contributed by atoms with Crippen LogP contribution in [0.3, 0.4) is 0 Å². The van der Waals surface area contributed by atoms with Gasteiger partial charge in [0.1, 0.15) is 12.7 Å². The van der Waals surface area contributed by atoms with Gasteiger partial charge in [0, 0.05) is 12.8 Å². The Bertz CT molecular complexity index is 879. The van der Waals surface area contributed by atoms with Crippen molar-refractivity contribution in [2.24, 2.45) is 0 Å². The monoisotopic (exact) mass is 718 g/mol. The van der Waals surface area contributed by atoms with Gasteiger partial charge in [-0.25, -0.2) is 4.57 Å². The van der Waals surface area contributed by atoms with Gasteiger partial charge in [-0.05, 0) is 57.8 Å². The molecule has 0 heterocycles. The topological polar surface area (TPSA) is 149 Å². The molecule has 3 N–H and O–H groups in total. The zero-order chi connectivity index (χ0) is 36.3. The van der Waals surface area contributed by atoms with Crippen molar-refractivity contribution in [2.75, 3.05) is 26.4 Å². The smallest absolute Gasteiger partial charge is 0.462 e. The average molecular weight is 719 g/mol. The number of carbonyl (C=O) groups excluding carboxylic acids is 2. The van der Waals surface area contributed by atoms with Gasteiger partial charge in [-0.1, -0.05) is 122 Å². The highest BCUT2D eigenvalue weighted by Gasteiger charge is 2.27. The van der Waals surface area contributed by atoms with Crippen LogP contribution in [0.4, 0.5) is 0 Å². The molecule has 0 aromatic carbocycles. The number of hydrogen-bond donors (Lipinski definition) is 3. The molecule has 0 amide bonds. The largest absolute Gasteiger partial charge is 0.472 e. The molecular formula is C38H71O10P. The van der Waals surface area contributed by atoms with Gasteiger partial charge in [-0.3, -0.25) is 18.6 Å². The van der Waals surface area contributed by atoms with Crippen molar-refractivity contribution in [3.63, 3.8) is 0 Å². The number of ether oxygens (including phenoxy) is 2. The van der Waals surface area contributed by atoms with Crippen molar-refractivity contribution in [1.82, 2.24) is 0 Å². The number of phosphoric ester groups is 1. The number of carbonyl (C=O) groups is 2. The lowest BCUT2D eigenvalue weighted by molar-refractivity contribution is -0.161. The number of allylic oxidation sites excluding steroid dienone is 4. The third kappa shape index (κ3) is 34.7. The number of aliphatic hydroxyl groups is 2. The van der Waals surface area contributed by atoms with Crippen LogP contribution in [0.25, 0.3) is 0 Å². The second kappa shape index (κ2) is 34.9. The molecule has 0 aromatic heterocycles. The van der Waals surface area contributed by atoms with Crippen LogP contribution in [-0.4, -0.2) is 65.7 Å². The van der Waals surface area contributed by atoms with E-state index in [1.54, 1.807) is 0 Å². The summed E-state index contributed by atoms with van der Waals surface area (Å²) in [7, 11) is -4.61. The van der Waals surface area contributed by atoms with Crippen molar-refractivity contribution in [2.45, 2.75) is 180 Å². The first-order valence-corrected chi connectivity index (χ1v) is 20.8. The molecule has 0 fully saturated rings. The van der Waals surface area contributed by atoms with E-state index in [2.05, 4.69) is 42.7 Å². The molecule has 0 aromatic rings. The summed E-state index contributed by atoms with van der Waals surface area (Å²) in [5, 5.41) is 18.3. The number of aliphatic hydroxyl groups excluding tert-OH is 2. The van der Waals surface area contributed by atoms with Gasteiger partial charge in [0.25, 0.3) is 0 Å². The lowest BCUT2D eigenvalue weighted by Gasteiger charge is -2.20. The van der Waals surface area contributed by atoms with Crippen LogP contribution in [-0.2, 0) is 32.7 Å². The van der Waals surface area contributed by atoms with Gasteiger partial charge in [0.2, 0.25) is 0 Å². The Kier molecular flexibility index (Phi) is 33.8. The summed E-state index contributed by atoms with van der Waals surface area (Å²) in [4.78, 5) is 34.8. The Hall–Kier alpha value is -1.55. The molecule has 3 atom stereocenters. The fourth-order valence-electron chi connectivity index (χ4n) is 5.03. The molecule has 1 unspecified atom stereocenters. The predicted octanol–water partition coefficient (Wildman–Crippen LogP) is 9.44. The van der Waals surface area contributed by atoms with Crippen molar-refractivity contribution in [3.8, 4) is 0 Å². The van der Waals surface area contributed by atoms with Crippen molar-refractivity contribution in [3.05, 3.63) is 24.3 Å². The number of unbranched alkanes of at least 4 members (excludes halogenated alkanes) is 18. The van der Waals surface area contributed by atoms with E-state index in [1.165, 1.54) is 70.6 Å². The minimum atomic E-state index is -4.61. The third-order valence-electron chi connectivity index (χ3n) is 8.08. The quantitative estimate of drug-likeness (QED) is 0.0248. The van der Waals surface area contributed by atoms with E-state index in [1.807, 2.05) is 0 Å². The molecule has 0 spiro atoms. The van der Waals surface area contributed by atoms with Crippen LogP contribution in [0.2, 0.25) is 0 Å². The average Bonchev–Trinajstić information content (AvgIpc) is 3.09. The molecule has 0 bridgehead atoms. The summed E-state index contributed by atoms with van der Waals surface area (Å²) in [6.45, 7) is 2.29. The Morgan fingerprint density at radius 3 is 1.57 bits per heavy atom. The summed E-state index contributed by atoms with van der Waals surface area (Å²) in [5.41, 5.74) is 0. The number of phosphoric acid groups is 1. The maximum absolute atomic E-state index is 12.5. The highest BCUT2D eigenvalue weighted by atomic mass is 31.2. The molecule has 0 saturated carbocycles. The molecule has 0 aliphatic heterocycles. The third-order valence-corrected chi connectivity index (χ3v) is 9.03. The van der Waals surface area contributed by atoms with E-state index in [9.17, 15) is 24.2 Å². The minimum absolute atomic E-state index is 0.171. The molecule has 0 radical (unpaired) electrons. The molecule has 0 aliphatic rings. The minimum Gasteiger partial charge on any atom is -0.462 e. The van der Waals surface area contributed by atoms with E-state index in [0.29, 0.717) is 12.8 Å². The van der Waals surface area contributed by atoms with Crippen LogP contribution < -0.4 is 0 Å². The summed E-state index contributed by atoms with van der Waals surface area (Å²) in [6, 6.07) is 0. The van der Waals surface area contributed by atoms with E-state index in [4.69, 9.17) is 19.1 Å². The van der Waals surface area contributed by atoms with E-state index < -0.39 is 51.8 Å². The molecule has 11 heteroatoms. The Morgan fingerprint density at radius 2 is 1.02 bits per heavy atom. The fraction of sp³-hybridized carbons (Fsp3) is 0.842. The highest BCUT2D eigenvalue weighted by molar-refractivity contribution is 7.47. The van der Waals surface area contributed by atoms with Crippen molar-refractivity contribution in [1.29, 1.82) is 0 Å². The summed E-state index contributed by atoms with van der Waals surface area (Å²) in [5.74, 6) is -0.962. The van der Waals surface area contributed by atoms with Gasteiger partial charge in [-0.15, -0.1) is 0 Å². The first-order valence-electron chi connectivity index (χ1n) is 19.3. The van der Waals surface area contributed by atoms with Crippen LogP contribution in [0.1, 0.15) is 168 Å². The molecule has 49 heavy (non-hydrogen) atoms. The summed E-state index contributed by atoms with van der Waals surface area (Å²) in [6.07, 6.45) is 31.6. The number of esters is 2. The highest BCUT2D eigenvalue weighted by Crippen LogP contribution is 2.43. The lowest BCUT2D eigenvalue weighted by atomic mass is 10.1. The lowest BCUT2D eigenvalue weighted by Crippen LogP contribution is -2.29. The van der Waals surface area contributed by atoms with Gasteiger partial charge >= 0.3 is 19.8 Å². The van der Waals surface area contributed by atoms with Crippen LogP contribution in [0, 0.1) is 0 Å². The first-order chi connectivity index (χ1) is 23.7. The maximum atomic E-state index is 12.5. The zero-order valence-electron chi connectivity index (χ0n) is 30.9. The zero-order valence-corrected chi connectivity index (χ0v) is 31.8. The SMILES string of the molecule is CCCC/C=C/CCCCCCCC(=O)O[C@H](COC(=O)CCCC/C=C/CCCCCCCCCCC)COP(=O)(O)OC[C@@H](O)CO. The van der Waals surface area contributed by atoms with Crippen molar-refractivity contribution >= 4 is 19.8 Å². The van der Waals surface area contributed by atoms with Gasteiger partial charge < -0.3 is 24.6 Å². The fourth-order valence-corrected chi connectivity index (χ4v) is 5.82. The standard InChI is InChI=1S/C38H71O10P/c1-3-5-7-9-11-13-15-16-17-18-20-21-23-25-27-29-37(41)45-33-36(34-47-49(43,44)46-32-35(40)31-39)48-38(42)30-28-26-24-22-19-14-12-10-8-6-4-2/h10,12,20-21,35-36,39-40H,3-9,11,13-19,22-34H2,1-2H3,(H,43,44)/b12-10+,21-20+/t35-,36+/m0/s1. The number of hydrogen-bond acceptors (Lipinski definition) is 9. The number of rotatable bonds is 36. The molecule has 10 nitrogen and oxygen atoms in total. The van der Waals surface area contributed by atoms with Crippen LogP contribution in [0.15, 0.2) is 24.3 Å². The molecule has 0 aliphatic carbocycles. The molecule has 0 saturated heterocycles. The molecule has 0 rings (SSSR count).